The predicted molar refractivity (Wildman–Crippen MR) is 44.6 cm³/mol. The van der Waals surface area contributed by atoms with Crippen LogP contribution < -0.4 is 5.76 Å². The molecular weight excluding hydrogens is 175 g/mol. The maximum Gasteiger partial charge on any atom is 0.439 e. The molecule has 0 aliphatic rings. The normalized spacial score (nSPS) is 10.2. The minimum absolute atomic E-state index is 0. The van der Waals surface area contributed by atoms with Gasteiger partial charge in [0.2, 0.25) is 0 Å². The lowest BCUT2D eigenvalue weighted by atomic mass is 10.2. The number of hydrogen-bond donors (Lipinski definition) is 1. The smallest absolute Gasteiger partial charge is 0.296 e. The number of H-pyrrole nitrogens is 1. The molecule has 0 aliphatic heterocycles. The Labute approximate surface area is 73.5 Å². The predicted octanol–water partition coefficient (Wildman–Crippen LogP) is 1.41. The van der Waals surface area contributed by atoms with Gasteiger partial charge in [-0.05, 0) is 12.1 Å². The maximum absolute atomic E-state index is 13.1. The van der Waals surface area contributed by atoms with E-state index in [4.69, 9.17) is 0 Å². The maximum atomic E-state index is 13.1. The Morgan fingerprint density at radius 2 is 2.23 bits per heavy atom. The average molecular weight is 182 g/mol. The number of benzene rings is 1. The topological polar surface area (TPSA) is 58.9 Å². The second-order valence-corrected chi connectivity index (χ2v) is 2.42. The summed E-state index contributed by atoms with van der Waals surface area (Å²) in [4.78, 5) is 12.8. The number of hydrogen-bond acceptors (Lipinski definition) is 3. The largest absolute Gasteiger partial charge is 0.439 e. The van der Waals surface area contributed by atoms with Crippen molar-refractivity contribution in [2.75, 3.05) is 0 Å². The molecule has 1 N–H and O–H groups in total. The van der Waals surface area contributed by atoms with Gasteiger partial charge in [-0.2, -0.15) is 0 Å². The zero-order valence-corrected chi connectivity index (χ0v) is 6.45. The number of rotatable bonds is 1. The molecule has 1 aromatic carbocycles. The van der Waals surface area contributed by atoms with Gasteiger partial charge in [-0.1, -0.05) is 17.3 Å². The van der Waals surface area contributed by atoms with Crippen molar-refractivity contribution in [2.45, 2.75) is 0 Å². The van der Waals surface area contributed by atoms with Crippen LogP contribution in [0, 0.1) is 5.82 Å². The number of aromatic amines is 1. The second kappa shape index (κ2) is 2.85. The Kier molecular flexibility index (Phi) is 1.70. The van der Waals surface area contributed by atoms with Crippen LogP contribution in [0.4, 0.5) is 4.39 Å². The van der Waals surface area contributed by atoms with E-state index in [2.05, 4.69) is 14.7 Å². The van der Waals surface area contributed by atoms with Gasteiger partial charge in [0, 0.05) is 1.43 Å². The minimum Gasteiger partial charge on any atom is -0.296 e. The fourth-order valence-electron chi connectivity index (χ4n) is 0.999. The molecule has 4 nitrogen and oxygen atoms in total. The van der Waals surface area contributed by atoms with Crippen LogP contribution in [0.3, 0.4) is 0 Å². The summed E-state index contributed by atoms with van der Waals surface area (Å²) in [5.41, 5.74) is 0.216. The Morgan fingerprint density at radius 3 is 2.85 bits per heavy atom. The molecule has 0 bridgehead atoms. The molecule has 2 rings (SSSR count). The highest BCUT2D eigenvalue weighted by atomic mass is 19.1. The summed E-state index contributed by atoms with van der Waals surface area (Å²) in [5.74, 6) is -1.05. The van der Waals surface area contributed by atoms with Crippen molar-refractivity contribution < 1.29 is 10.3 Å². The summed E-state index contributed by atoms with van der Waals surface area (Å²) < 4.78 is 17.3. The van der Waals surface area contributed by atoms with Gasteiger partial charge in [-0.15, -0.1) is 0 Å². The molecule has 0 atom stereocenters. The number of nitrogens with one attached hydrogen (secondary N) is 1. The van der Waals surface area contributed by atoms with E-state index in [1.54, 1.807) is 12.1 Å². The van der Waals surface area contributed by atoms with E-state index in [9.17, 15) is 9.18 Å². The number of aromatic nitrogens is 2. The third-order valence-electron chi connectivity index (χ3n) is 1.57. The van der Waals surface area contributed by atoms with E-state index < -0.39 is 11.6 Å². The van der Waals surface area contributed by atoms with Gasteiger partial charge in [0.15, 0.2) is 5.82 Å². The zero-order valence-electron chi connectivity index (χ0n) is 6.45. The highest BCUT2D eigenvalue weighted by Crippen LogP contribution is 2.16. The molecule has 0 amide bonds. The Bertz CT molecular complexity index is 480. The molecule has 1 aromatic heterocycles. The first-order valence-electron chi connectivity index (χ1n) is 3.58. The lowest BCUT2D eigenvalue weighted by Gasteiger charge is -1.94. The standard InChI is InChI=1S/C8H5FN2O2.H2/c9-6-4-2-1-3-5(6)7-10-8(12)13-11-7;/h1-4H,(H,10,11,12);1H. The van der Waals surface area contributed by atoms with Crippen LogP contribution in [-0.2, 0) is 0 Å². The van der Waals surface area contributed by atoms with Gasteiger partial charge >= 0.3 is 5.76 Å². The van der Waals surface area contributed by atoms with E-state index >= 15 is 0 Å². The summed E-state index contributed by atoms with van der Waals surface area (Å²) in [5, 5.41) is 3.36. The lowest BCUT2D eigenvalue weighted by Crippen LogP contribution is -1.95. The molecule has 0 unspecified atom stereocenters. The molecular formula is C8H7FN2O2. The molecule has 0 saturated carbocycles. The fraction of sp³-hybridized carbons (Fsp3) is 0. The Morgan fingerprint density at radius 1 is 1.46 bits per heavy atom. The summed E-state index contributed by atoms with van der Waals surface area (Å²) in [6, 6.07) is 5.98. The van der Waals surface area contributed by atoms with E-state index in [-0.39, 0.29) is 12.8 Å². The highest BCUT2D eigenvalue weighted by molar-refractivity contribution is 5.54. The monoisotopic (exact) mass is 182 g/mol. The van der Waals surface area contributed by atoms with Crippen LogP contribution in [0.5, 0.6) is 0 Å². The van der Waals surface area contributed by atoms with Crippen molar-refractivity contribution in [1.29, 1.82) is 0 Å². The van der Waals surface area contributed by atoms with Gasteiger partial charge in [-0.25, -0.2) is 9.18 Å². The third kappa shape index (κ3) is 1.35. The minimum atomic E-state index is -0.696. The van der Waals surface area contributed by atoms with Crippen LogP contribution in [0.2, 0.25) is 0 Å². The first kappa shape index (κ1) is 7.72. The van der Waals surface area contributed by atoms with E-state index in [1.165, 1.54) is 12.1 Å². The van der Waals surface area contributed by atoms with Gasteiger partial charge in [0.05, 0.1) is 5.56 Å². The van der Waals surface area contributed by atoms with Crippen molar-refractivity contribution in [3.8, 4) is 11.4 Å². The third-order valence-corrected chi connectivity index (χ3v) is 1.57. The van der Waals surface area contributed by atoms with Gasteiger partial charge in [0.25, 0.3) is 0 Å². The molecule has 68 valence electrons. The van der Waals surface area contributed by atoms with Crippen LogP contribution >= 0.6 is 0 Å². The quantitative estimate of drug-likeness (QED) is 0.725. The van der Waals surface area contributed by atoms with E-state index in [0.717, 1.165) is 0 Å². The summed E-state index contributed by atoms with van der Waals surface area (Å²) in [7, 11) is 0. The van der Waals surface area contributed by atoms with Crippen LogP contribution in [0.15, 0.2) is 33.6 Å². The van der Waals surface area contributed by atoms with Gasteiger partial charge in [0.1, 0.15) is 5.82 Å². The van der Waals surface area contributed by atoms with Crippen molar-refractivity contribution in [3.63, 3.8) is 0 Å². The molecule has 0 radical (unpaired) electrons. The van der Waals surface area contributed by atoms with Crippen molar-refractivity contribution in [2.24, 2.45) is 0 Å². The summed E-state index contributed by atoms with van der Waals surface area (Å²) >= 11 is 0. The van der Waals surface area contributed by atoms with Crippen molar-refractivity contribution in [3.05, 3.63) is 40.6 Å². The molecule has 2 aromatic rings. The molecule has 1 heterocycles. The Hall–Kier alpha value is -1.91. The fourth-order valence-corrected chi connectivity index (χ4v) is 0.999. The van der Waals surface area contributed by atoms with Crippen molar-refractivity contribution in [1.82, 2.24) is 10.1 Å². The molecule has 5 heteroatoms. The summed E-state index contributed by atoms with van der Waals surface area (Å²) in [6.45, 7) is 0. The zero-order chi connectivity index (χ0) is 9.26. The first-order valence-corrected chi connectivity index (χ1v) is 3.58. The van der Waals surface area contributed by atoms with Crippen LogP contribution in [0.1, 0.15) is 1.43 Å². The molecule has 0 spiro atoms. The highest BCUT2D eigenvalue weighted by Gasteiger charge is 2.07. The van der Waals surface area contributed by atoms with Crippen molar-refractivity contribution >= 4 is 0 Å². The number of nitrogens with zero attached hydrogens (tertiary/aromatic N) is 1. The Balaban J connectivity index is 0.000000980. The molecule has 0 aliphatic carbocycles. The summed E-state index contributed by atoms with van der Waals surface area (Å²) in [6.07, 6.45) is 0. The van der Waals surface area contributed by atoms with Crippen LogP contribution in [-0.4, -0.2) is 10.1 Å². The molecule has 13 heavy (non-hydrogen) atoms. The number of halogens is 1. The molecule has 0 fully saturated rings. The second-order valence-electron chi connectivity index (χ2n) is 2.42. The van der Waals surface area contributed by atoms with E-state index in [0.29, 0.717) is 0 Å². The first-order chi connectivity index (χ1) is 6.27. The van der Waals surface area contributed by atoms with Gasteiger partial charge < -0.3 is 0 Å². The average Bonchev–Trinajstić information content (AvgIpc) is 2.53. The SMILES string of the molecule is O=c1[nH]c(-c2ccccc2F)no1.[HH]. The van der Waals surface area contributed by atoms with E-state index in [1.807, 2.05) is 0 Å². The van der Waals surface area contributed by atoms with Crippen LogP contribution in [0.25, 0.3) is 11.4 Å². The lowest BCUT2D eigenvalue weighted by molar-refractivity contribution is 0.387. The molecule has 0 saturated heterocycles. The van der Waals surface area contributed by atoms with Gasteiger partial charge in [-0.3, -0.25) is 9.51 Å².